The first kappa shape index (κ1) is 42.8. The molecule has 302 valence electrons. The third-order valence-corrected chi connectivity index (χ3v) is 12.0. The fourth-order valence-corrected chi connectivity index (χ4v) is 8.24. The number of aromatic nitrogens is 2. The topological polar surface area (TPSA) is 121 Å². The van der Waals surface area contributed by atoms with E-state index < -0.39 is 0 Å². The lowest BCUT2D eigenvalue weighted by atomic mass is 9.76. The maximum absolute atomic E-state index is 14.2. The highest BCUT2D eigenvalue weighted by Gasteiger charge is 2.39. The predicted molar refractivity (Wildman–Crippen MR) is 230 cm³/mol. The summed E-state index contributed by atoms with van der Waals surface area (Å²) in [5, 5.41) is 20.1. The lowest BCUT2D eigenvalue weighted by Crippen LogP contribution is -2.42. The molecule has 0 saturated carbocycles. The number of hydrogen-bond acceptors (Lipinski definition) is 7. The second kappa shape index (κ2) is 20.7. The number of H-pyrrole nitrogens is 1. The number of carbonyl (C=O) groups excluding carboxylic acids is 2. The van der Waals surface area contributed by atoms with Gasteiger partial charge in [-0.25, -0.2) is 0 Å². The van der Waals surface area contributed by atoms with E-state index in [0.29, 0.717) is 64.1 Å². The summed E-state index contributed by atoms with van der Waals surface area (Å²) in [6, 6.07) is 12.7. The fourth-order valence-electron chi connectivity index (χ4n) is 8.24. The molecule has 1 heterocycles. The summed E-state index contributed by atoms with van der Waals surface area (Å²) >= 11 is 0. The van der Waals surface area contributed by atoms with Crippen LogP contribution in [-0.4, -0.2) is 33.9 Å². The molecular formula is C47H66N6O3. The Morgan fingerprint density at radius 3 is 2.12 bits per heavy atom. The molecule has 9 nitrogen and oxygen atoms in total. The Hall–Kier alpha value is -4.37. The SMILES string of the molecule is CCCCC(CC)CNC1CC=C(Nc2ccc(C)c(N=Nc3c(C(CC)CCCC)[nH]n(CC(CC)CCCC)c3=O)c2)C2=C1C(=O)c1ccccc1C2=O. The van der Waals surface area contributed by atoms with Crippen LogP contribution in [0.25, 0.3) is 0 Å². The minimum absolute atomic E-state index is 0.0898. The van der Waals surface area contributed by atoms with Crippen LogP contribution in [-0.2, 0) is 6.54 Å². The molecule has 2 aromatic carbocycles. The van der Waals surface area contributed by atoms with Gasteiger partial charge in [-0.05, 0) is 75.1 Å². The van der Waals surface area contributed by atoms with Gasteiger partial charge >= 0.3 is 0 Å². The van der Waals surface area contributed by atoms with E-state index in [1.165, 1.54) is 6.42 Å². The van der Waals surface area contributed by atoms with Crippen molar-refractivity contribution in [2.45, 2.75) is 150 Å². The molecule has 0 fully saturated rings. The molecule has 0 bridgehead atoms. The third kappa shape index (κ3) is 9.95. The Balaban J connectivity index is 1.46. The highest BCUT2D eigenvalue weighted by Crippen LogP contribution is 2.38. The summed E-state index contributed by atoms with van der Waals surface area (Å²) in [5.74, 6) is 0.882. The van der Waals surface area contributed by atoms with Crippen LogP contribution in [0.15, 0.2) is 80.4 Å². The number of nitrogens with zero attached hydrogens (tertiary/aromatic N) is 3. The first-order chi connectivity index (χ1) is 27.2. The van der Waals surface area contributed by atoms with E-state index in [4.69, 9.17) is 10.2 Å². The van der Waals surface area contributed by atoms with Crippen molar-refractivity contribution >= 4 is 28.6 Å². The highest BCUT2D eigenvalue weighted by molar-refractivity contribution is 6.29. The number of unbranched alkanes of at least 4 members (excludes halogenated alkanes) is 3. The van der Waals surface area contributed by atoms with E-state index >= 15 is 0 Å². The maximum Gasteiger partial charge on any atom is 0.294 e. The van der Waals surface area contributed by atoms with Crippen molar-refractivity contribution in [2.24, 2.45) is 22.1 Å². The zero-order chi connectivity index (χ0) is 40.2. The summed E-state index contributed by atoms with van der Waals surface area (Å²) in [5.41, 5.74) is 5.91. The number of anilines is 1. The average molecular weight is 763 g/mol. The summed E-state index contributed by atoms with van der Waals surface area (Å²) in [4.78, 5) is 42.4. The number of fused-ring (bicyclic) bond motifs is 1. The standard InChI is InChI=1S/C47H66N6O3/c1-8-14-19-32(11-4)29-48-38-26-27-39(42-41(38)45(54)36-22-17-18-23-37(36)46(42)55)49-35-25-24-31(7)40(28-35)50-51-44-43(34(13-6)21-16-10-3)52-53(47(44)56)30-33(12-5)20-15-9-2/h17-18,22-25,27-28,32-34,38,48-49,52H,8-16,19-21,26,29-30H2,1-7H3. The molecule has 5 rings (SSSR count). The number of rotatable bonds is 22. The molecule has 0 aliphatic heterocycles. The molecule has 0 saturated heterocycles. The molecule has 3 N–H and O–H groups in total. The quantitative estimate of drug-likeness (QED) is 0.0880. The first-order valence-electron chi connectivity index (χ1n) is 21.7. The van der Waals surface area contributed by atoms with Crippen molar-refractivity contribution in [2.75, 3.05) is 11.9 Å². The van der Waals surface area contributed by atoms with Gasteiger partial charge in [0.05, 0.1) is 17.0 Å². The van der Waals surface area contributed by atoms with Gasteiger partial charge in [-0.2, -0.15) is 0 Å². The number of ketones is 2. The Morgan fingerprint density at radius 2 is 1.46 bits per heavy atom. The van der Waals surface area contributed by atoms with Gasteiger partial charge in [0.2, 0.25) is 0 Å². The van der Waals surface area contributed by atoms with E-state index in [9.17, 15) is 14.4 Å². The van der Waals surface area contributed by atoms with Crippen molar-refractivity contribution in [3.8, 4) is 0 Å². The van der Waals surface area contributed by atoms with E-state index in [1.54, 1.807) is 16.8 Å². The van der Waals surface area contributed by atoms with Crippen LogP contribution in [0.4, 0.5) is 17.1 Å². The largest absolute Gasteiger partial charge is 0.355 e. The zero-order valence-corrected chi connectivity index (χ0v) is 35.1. The minimum Gasteiger partial charge on any atom is -0.355 e. The highest BCUT2D eigenvalue weighted by atomic mass is 16.1. The van der Waals surface area contributed by atoms with Gasteiger partial charge in [0.15, 0.2) is 17.3 Å². The lowest BCUT2D eigenvalue weighted by molar-refractivity contribution is 0.0968. The van der Waals surface area contributed by atoms with Gasteiger partial charge in [0.1, 0.15) is 0 Å². The molecule has 2 aliphatic rings. The van der Waals surface area contributed by atoms with Crippen LogP contribution in [0, 0.1) is 18.8 Å². The van der Waals surface area contributed by atoms with E-state index in [0.717, 1.165) is 94.1 Å². The number of carbonyl (C=O) groups is 2. The smallest absolute Gasteiger partial charge is 0.294 e. The minimum atomic E-state index is -0.249. The Bertz CT molecular complexity index is 1970. The number of benzene rings is 2. The molecule has 0 amide bonds. The molecule has 4 atom stereocenters. The lowest BCUT2D eigenvalue weighted by Gasteiger charge is -2.33. The second-order valence-electron chi connectivity index (χ2n) is 16.0. The van der Waals surface area contributed by atoms with Crippen molar-refractivity contribution < 1.29 is 9.59 Å². The monoisotopic (exact) mass is 763 g/mol. The van der Waals surface area contributed by atoms with Crippen molar-refractivity contribution in [3.05, 3.63) is 98.1 Å². The molecule has 1 aromatic heterocycles. The summed E-state index contributed by atoms with van der Waals surface area (Å²) in [6.45, 7) is 16.6. The molecule has 0 spiro atoms. The number of aromatic amines is 1. The van der Waals surface area contributed by atoms with Gasteiger partial charge in [0.25, 0.3) is 5.56 Å². The zero-order valence-electron chi connectivity index (χ0n) is 35.1. The van der Waals surface area contributed by atoms with Crippen LogP contribution < -0.4 is 16.2 Å². The second-order valence-corrected chi connectivity index (χ2v) is 16.0. The average Bonchev–Trinajstić information content (AvgIpc) is 3.52. The summed E-state index contributed by atoms with van der Waals surface area (Å²) in [6.07, 6.45) is 15.6. The third-order valence-electron chi connectivity index (χ3n) is 12.0. The number of aryl methyl sites for hydroxylation is 1. The van der Waals surface area contributed by atoms with Crippen LogP contribution in [0.1, 0.15) is 163 Å². The predicted octanol–water partition coefficient (Wildman–Crippen LogP) is 12.1. The van der Waals surface area contributed by atoms with Gasteiger partial charge < -0.3 is 10.6 Å². The molecule has 9 heteroatoms. The van der Waals surface area contributed by atoms with Crippen LogP contribution >= 0.6 is 0 Å². The molecule has 4 unspecified atom stereocenters. The van der Waals surface area contributed by atoms with E-state index in [1.807, 2.05) is 43.3 Å². The molecular weight excluding hydrogens is 697 g/mol. The number of azo groups is 1. The van der Waals surface area contributed by atoms with Crippen molar-refractivity contribution in [3.63, 3.8) is 0 Å². The first-order valence-corrected chi connectivity index (χ1v) is 21.7. The van der Waals surface area contributed by atoms with Gasteiger partial charge in [-0.15, -0.1) is 10.2 Å². The Labute approximate surface area is 334 Å². The van der Waals surface area contributed by atoms with Gasteiger partial charge in [-0.3, -0.25) is 24.2 Å². The molecule has 2 aliphatic carbocycles. The molecule has 3 aromatic rings. The van der Waals surface area contributed by atoms with Gasteiger partial charge in [0, 0.05) is 46.6 Å². The Kier molecular flexibility index (Phi) is 15.8. The van der Waals surface area contributed by atoms with E-state index in [-0.39, 0.29) is 29.1 Å². The normalized spacial score (nSPS) is 17.2. The van der Waals surface area contributed by atoms with Crippen molar-refractivity contribution in [1.29, 1.82) is 0 Å². The molecule has 56 heavy (non-hydrogen) atoms. The number of Topliss-reactive ketones (excluding diaryl/α,β-unsaturated/α-hetero) is 2. The van der Waals surface area contributed by atoms with Crippen LogP contribution in [0.5, 0.6) is 0 Å². The Morgan fingerprint density at radius 1 is 0.804 bits per heavy atom. The molecule has 0 radical (unpaired) electrons. The number of hydrogen-bond donors (Lipinski definition) is 3. The van der Waals surface area contributed by atoms with Gasteiger partial charge in [-0.1, -0.05) is 129 Å². The fraction of sp³-hybridized carbons (Fsp3) is 0.553. The summed E-state index contributed by atoms with van der Waals surface area (Å²) < 4.78 is 1.77. The maximum atomic E-state index is 14.2. The number of allylic oxidation sites excluding steroid dienone is 1. The van der Waals surface area contributed by atoms with E-state index in [2.05, 4.69) is 57.3 Å². The van der Waals surface area contributed by atoms with Crippen LogP contribution in [0.2, 0.25) is 0 Å². The number of nitrogens with one attached hydrogen (secondary N) is 3. The summed E-state index contributed by atoms with van der Waals surface area (Å²) in [7, 11) is 0. The van der Waals surface area contributed by atoms with Crippen molar-refractivity contribution in [1.82, 2.24) is 15.1 Å². The van der Waals surface area contributed by atoms with Crippen LogP contribution in [0.3, 0.4) is 0 Å².